The Hall–Kier alpha value is -2.63. The molecule has 1 aromatic carbocycles. The van der Waals surface area contributed by atoms with Gasteiger partial charge in [0.2, 0.25) is 11.9 Å². The van der Waals surface area contributed by atoms with E-state index >= 15 is 0 Å². The summed E-state index contributed by atoms with van der Waals surface area (Å²) >= 11 is 0. The first-order chi connectivity index (χ1) is 12.0. The second-order valence-electron chi connectivity index (χ2n) is 6.06. The second kappa shape index (κ2) is 9.01. The van der Waals surface area contributed by atoms with Crippen LogP contribution in [0.2, 0.25) is 0 Å². The summed E-state index contributed by atoms with van der Waals surface area (Å²) in [5, 5.41) is 6.00. The molecule has 6 heteroatoms. The first-order valence-electron chi connectivity index (χ1n) is 8.77. The maximum Gasteiger partial charge on any atom is 0.229 e. The fraction of sp³-hybridized carbons (Fsp3) is 0.421. The van der Waals surface area contributed by atoms with Crippen LogP contribution in [0.4, 0.5) is 23.1 Å². The van der Waals surface area contributed by atoms with E-state index in [0.717, 1.165) is 48.8 Å². The lowest BCUT2D eigenvalue weighted by Gasteiger charge is -2.23. The lowest BCUT2D eigenvalue weighted by molar-refractivity contribution is -0.114. The molecule has 0 saturated carbocycles. The van der Waals surface area contributed by atoms with E-state index in [-0.39, 0.29) is 5.91 Å². The summed E-state index contributed by atoms with van der Waals surface area (Å²) in [4.78, 5) is 22.5. The van der Waals surface area contributed by atoms with Crippen LogP contribution in [0.25, 0.3) is 0 Å². The van der Waals surface area contributed by atoms with Crippen molar-refractivity contribution in [2.75, 3.05) is 28.6 Å². The molecule has 134 valence electrons. The Morgan fingerprint density at radius 2 is 1.64 bits per heavy atom. The van der Waals surface area contributed by atoms with Gasteiger partial charge in [-0.15, -0.1) is 0 Å². The van der Waals surface area contributed by atoms with Gasteiger partial charge in [0, 0.05) is 43.1 Å². The van der Waals surface area contributed by atoms with E-state index < -0.39 is 0 Å². The van der Waals surface area contributed by atoms with Crippen LogP contribution in [0.5, 0.6) is 0 Å². The van der Waals surface area contributed by atoms with Crippen molar-refractivity contribution >= 4 is 29.0 Å². The molecule has 0 aliphatic heterocycles. The average molecular weight is 341 g/mol. The van der Waals surface area contributed by atoms with Crippen molar-refractivity contribution in [1.29, 1.82) is 0 Å². The van der Waals surface area contributed by atoms with Crippen LogP contribution in [0, 0.1) is 6.92 Å². The predicted octanol–water partition coefficient (Wildman–Crippen LogP) is 4.11. The van der Waals surface area contributed by atoms with Gasteiger partial charge in [-0.2, -0.15) is 4.98 Å². The van der Waals surface area contributed by atoms with E-state index in [1.807, 2.05) is 37.3 Å². The van der Waals surface area contributed by atoms with Crippen molar-refractivity contribution in [2.45, 2.75) is 40.5 Å². The minimum absolute atomic E-state index is 0.0840. The number of carbonyl (C=O) groups excluding carboxylic acids is 1. The quantitative estimate of drug-likeness (QED) is 0.756. The lowest BCUT2D eigenvalue weighted by Crippen LogP contribution is -2.26. The van der Waals surface area contributed by atoms with Gasteiger partial charge in [-0.1, -0.05) is 13.8 Å². The standard InChI is InChI=1S/C19H27N5O/c1-5-11-24(12-6-2)18-13-14(3)20-19(23-18)22-17-9-7-16(8-10-17)21-15(4)25/h7-10,13H,5-6,11-12H2,1-4H3,(H,21,25)(H,20,22,23). The predicted molar refractivity (Wildman–Crippen MR) is 104 cm³/mol. The van der Waals surface area contributed by atoms with E-state index in [2.05, 4.69) is 39.3 Å². The summed E-state index contributed by atoms with van der Waals surface area (Å²) in [5.74, 6) is 1.45. The monoisotopic (exact) mass is 341 g/mol. The number of aromatic nitrogens is 2. The maximum absolute atomic E-state index is 11.1. The van der Waals surface area contributed by atoms with Crippen molar-refractivity contribution in [3.05, 3.63) is 36.0 Å². The smallest absolute Gasteiger partial charge is 0.229 e. The van der Waals surface area contributed by atoms with Crippen LogP contribution < -0.4 is 15.5 Å². The van der Waals surface area contributed by atoms with Crippen LogP contribution in [0.15, 0.2) is 30.3 Å². The van der Waals surface area contributed by atoms with Gasteiger partial charge in [0.15, 0.2) is 0 Å². The first-order valence-corrected chi connectivity index (χ1v) is 8.77. The maximum atomic E-state index is 11.1. The molecule has 0 spiro atoms. The molecule has 0 fully saturated rings. The average Bonchev–Trinajstić information content (AvgIpc) is 2.55. The Morgan fingerprint density at radius 1 is 1.04 bits per heavy atom. The molecule has 2 N–H and O–H groups in total. The summed E-state index contributed by atoms with van der Waals surface area (Å²) in [6.07, 6.45) is 2.16. The topological polar surface area (TPSA) is 70.2 Å². The number of hydrogen-bond donors (Lipinski definition) is 2. The molecule has 1 amide bonds. The largest absolute Gasteiger partial charge is 0.356 e. The number of benzene rings is 1. The van der Waals surface area contributed by atoms with Gasteiger partial charge in [0.05, 0.1) is 0 Å². The molecule has 1 heterocycles. The van der Waals surface area contributed by atoms with Crippen LogP contribution >= 0.6 is 0 Å². The normalized spacial score (nSPS) is 10.4. The summed E-state index contributed by atoms with van der Waals surface area (Å²) in [7, 11) is 0. The third-order valence-electron chi connectivity index (χ3n) is 3.61. The van der Waals surface area contributed by atoms with E-state index in [1.54, 1.807) is 0 Å². The van der Waals surface area contributed by atoms with E-state index in [1.165, 1.54) is 6.92 Å². The van der Waals surface area contributed by atoms with Crippen molar-refractivity contribution in [1.82, 2.24) is 9.97 Å². The van der Waals surface area contributed by atoms with Crippen LogP contribution in [0.1, 0.15) is 39.3 Å². The Balaban J connectivity index is 2.17. The number of aryl methyl sites for hydroxylation is 1. The highest BCUT2D eigenvalue weighted by Gasteiger charge is 2.09. The Labute approximate surface area is 149 Å². The molecular formula is C19H27N5O. The van der Waals surface area contributed by atoms with Crippen LogP contribution in [-0.4, -0.2) is 29.0 Å². The van der Waals surface area contributed by atoms with Gasteiger partial charge >= 0.3 is 0 Å². The van der Waals surface area contributed by atoms with Gasteiger partial charge in [-0.25, -0.2) is 4.98 Å². The van der Waals surface area contributed by atoms with Gasteiger partial charge in [0.1, 0.15) is 5.82 Å². The summed E-state index contributed by atoms with van der Waals surface area (Å²) in [5.41, 5.74) is 2.57. The van der Waals surface area contributed by atoms with E-state index in [0.29, 0.717) is 5.95 Å². The highest BCUT2D eigenvalue weighted by Crippen LogP contribution is 2.20. The SMILES string of the molecule is CCCN(CCC)c1cc(C)nc(Nc2ccc(NC(C)=O)cc2)n1. The van der Waals surface area contributed by atoms with Crippen molar-refractivity contribution < 1.29 is 4.79 Å². The fourth-order valence-electron chi connectivity index (χ4n) is 2.62. The fourth-order valence-corrected chi connectivity index (χ4v) is 2.62. The molecular weight excluding hydrogens is 314 g/mol. The molecule has 0 saturated heterocycles. The Bertz CT molecular complexity index is 693. The highest BCUT2D eigenvalue weighted by molar-refractivity contribution is 5.88. The molecule has 0 aliphatic rings. The minimum Gasteiger partial charge on any atom is -0.356 e. The van der Waals surface area contributed by atoms with Crippen LogP contribution in [0.3, 0.4) is 0 Å². The zero-order valence-electron chi connectivity index (χ0n) is 15.5. The van der Waals surface area contributed by atoms with Crippen LogP contribution in [-0.2, 0) is 4.79 Å². The molecule has 1 aromatic heterocycles. The third kappa shape index (κ3) is 5.74. The Kier molecular flexibility index (Phi) is 6.74. The third-order valence-corrected chi connectivity index (χ3v) is 3.61. The minimum atomic E-state index is -0.0840. The summed E-state index contributed by atoms with van der Waals surface area (Å²) in [6.45, 7) is 9.78. The molecule has 2 aromatic rings. The van der Waals surface area contributed by atoms with E-state index in [9.17, 15) is 4.79 Å². The molecule has 0 aliphatic carbocycles. The summed E-state index contributed by atoms with van der Waals surface area (Å²) < 4.78 is 0. The number of rotatable bonds is 8. The number of carbonyl (C=O) groups is 1. The van der Waals surface area contributed by atoms with Crippen molar-refractivity contribution in [3.8, 4) is 0 Å². The van der Waals surface area contributed by atoms with Gasteiger partial charge in [0.25, 0.3) is 0 Å². The van der Waals surface area contributed by atoms with Crippen molar-refractivity contribution in [2.24, 2.45) is 0 Å². The second-order valence-corrected chi connectivity index (χ2v) is 6.06. The molecule has 6 nitrogen and oxygen atoms in total. The van der Waals surface area contributed by atoms with Gasteiger partial charge in [-0.3, -0.25) is 4.79 Å². The number of hydrogen-bond acceptors (Lipinski definition) is 5. The van der Waals surface area contributed by atoms with E-state index in [4.69, 9.17) is 0 Å². The molecule has 0 unspecified atom stereocenters. The Morgan fingerprint density at radius 3 is 2.20 bits per heavy atom. The number of anilines is 4. The number of amides is 1. The molecule has 2 rings (SSSR count). The molecule has 25 heavy (non-hydrogen) atoms. The first kappa shape index (κ1) is 18.7. The number of nitrogens with one attached hydrogen (secondary N) is 2. The highest BCUT2D eigenvalue weighted by atomic mass is 16.1. The van der Waals surface area contributed by atoms with Gasteiger partial charge in [-0.05, 0) is 44.0 Å². The lowest BCUT2D eigenvalue weighted by atomic mass is 10.3. The zero-order valence-corrected chi connectivity index (χ0v) is 15.5. The van der Waals surface area contributed by atoms with Crippen molar-refractivity contribution in [3.63, 3.8) is 0 Å². The van der Waals surface area contributed by atoms with Gasteiger partial charge < -0.3 is 15.5 Å². The molecule has 0 bridgehead atoms. The zero-order chi connectivity index (χ0) is 18.2. The molecule has 0 radical (unpaired) electrons. The number of nitrogens with zero attached hydrogens (tertiary/aromatic N) is 3. The summed E-state index contributed by atoms with van der Waals surface area (Å²) in [6, 6.07) is 9.51. The molecule has 0 atom stereocenters.